The van der Waals surface area contributed by atoms with E-state index in [0.717, 1.165) is 56.5 Å². The number of aliphatic imine (C=N–C) groups is 1. The number of hydrogen-bond acceptors (Lipinski definition) is 4. The number of benzene rings is 1. The van der Waals surface area contributed by atoms with Crippen molar-refractivity contribution < 1.29 is 14.2 Å². The highest BCUT2D eigenvalue weighted by Gasteiger charge is 2.33. The normalized spacial score (nSPS) is 20.4. The highest BCUT2D eigenvalue weighted by molar-refractivity contribution is 14.0. The molecular weight excluding hydrogens is 505 g/mol. The topological polar surface area (TPSA) is 64.1 Å². The fourth-order valence-corrected chi connectivity index (χ4v) is 4.49. The van der Waals surface area contributed by atoms with Crippen molar-refractivity contribution in [1.82, 2.24) is 10.6 Å². The molecule has 1 aromatic rings. The molecule has 1 aliphatic heterocycles. The first-order valence-corrected chi connectivity index (χ1v) is 11.4. The summed E-state index contributed by atoms with van der Waals surface area (Å²) in [4.78, 5) is 4.44. The molecule has 7 heteroatoms. The van der Waals surface area contributed by atoms with Gasteiger partial charge in [-0.15, -0.1) is 24.0 Å². The lowest BCUT2D eigenvalue weighted by molar-refractivity contribution is 0.138. The van der Waals surface area contributed by atoms with Gasteiger partial charge in [0, 0.05) is 51.9 Å². The van der Waals surface area contributed by atoms with E-state index in [1.807, 2.05) is 7.05 Å². The molecule has 6 nitrogen and oxygen atoms in total. The summed E-state index contributed by atoms with van der Waals surface area (Å²) in [5.41, 5.74) is 2.69. The molecule has 0 radical (unpaired) electrons. The molecule has 0 amide bonds. The van der Waals surface area contributed by atoms with Gasteiger partial charge in [0.1, 0.15) is 5.75 Å². The van der Waals surface area contributed by atoms with E-state index in [9.17, 15) is 0 Å². The summed E-state index contributed by atoms with van der Waals surface area (Å²) in [5, 5.41) is 7.04. The van der Waals surface area contributed by atoms with Crippen molar-refractivity contribution >= 4 is 29.9 Å². The van der Waals surface area contributed by atoms with Crippen LogP contribution >= 0.6 is 24.0 Å². The lowest BCUT2D eigenvalue weighted by atomic mass is 9.83. The molecule has 2 N–H and O–H groups in total. The Labute approximate surface area is 204 Å². The number of methoxy groups -OCH3 is 1. The van der Waals surface area contributed by atoms with Gasteiger partial charge in [-0.2, -0.15) is 0 Å². The maximum Gasteiger partial charge on any atom is 0.191 e. The van der Waals surface area contributed by atoms with E-state index in [2.05, 4.69) is 40.7 Å². The predicted molar refractivity (Wildman–Crippen MR) is 137 cm³/mol. The van der Waals surface area contributed by atoms with Gasteiger partial charge in [-0.25, -0.2) is 0 Å². The third-order valence-electron chi connectivity index (χ3n) is 6.52. The summed E-state index contributed by atoms with van der Waals surface area (Å²) in [6.07, 6.45) is 7.35. The van der Waals surface area contributed by atoms with E-state index >= 15 is 0 Å². The Balaban J connectivity index is 0.00000341. The highest BCUT2D eigenvalue weighted by Crippen LogP contribution is 2.40. The Hall–Kier alpha value is -1.06. The maximum atomic E-state index is 6.18. The van der Waals surface area contributed by atoms with Crippen molar-refractivity contribution in [1.29, 1.82) is 0 Å². The maximum absolute atomic E-state index is 6.18. The summed E-state index contributed by atoms with van der Waals surface area (Å²) >= 11 is 0. The molecule has 1 aromatic carbocycles. The first-order valence-electron chi connectivity index (χ1n) is 11.4. The summed E-state index contributed by atoms with van der Waals surface area (Å²) < 4.78 is 17.0. The molecule has 176 valence electrons. The van der Waals surface area contributed by atoms with Gasteiger partial charge in [-0.3, -0.25) is 4.99 Å². The van der Waals surface area contributed by atoms with Crippen molar-refractivity contribution in [3.05, 3.63) is 29.3 Å². The second-order valence-electron chi connectivity index (χ2n) is 8.88. The van der Waals surface area contributed by atoms with Crippen molar-refractivity contribution in [3.63, 3.8) is 0 Å². The number of nitrogens with zero attached hydrogens (tertiary/aromatic N) is 1. The fourth-order valence-electron chi connectivity index (χ4n) is 4.49. The van der Waals surface area contributed by atoms with Crippen LogP contribution in [-0.2, 0) is 16.0 Å². The van der Waals surface area contributed by atoms with E-state index in [1.165, 1.54) is 31.2 Å². The molecule has 2 fully saturated rings. The van der Waals surface area contributed by atoms with Gasteiger partial charge >= 0.3 is 0 Å². The molecule has 31 heavy (non-hydrogen) atoms. The Morgan fingerprint density at radius 1 is 1.26 bits per heavy atom. The standard InChI is InChI=1S/C24H39N3O3.HI/c1-19-6-7-21(22(14-19)30-17-20-8-12-29-16-20)15-26-23(25-2)27-18-24(11-13-28-3)9-4-5-10-24;/h6-7,14,20H,4-5,8-13,15-18H2,1-3H3,(H2,25,26,27);1H. The van der Waals surface area contributed by atoms with Crippen LogP contribution in [0.4, 0.5) is 0 Å². The second kappa shape index (κ2) is 13.5. The number of nitrogens with one attached hydrogen (secondary N) is 2. The summed E-state index contributed by atoms with van der Waals surface area (Å²) in [7, 11) is 3.62. The molecule has 1 aliphatic carbocycles. The van der Waals surface area contributed by atoms with Crippen LogP contribution in [0.5, 0.6) is 5.75 Å². The van der Waals surface area contributed by atoms with E-state index < -0.39 is 0 Å². The van der Waals surface area contributed by atoms with Gasteiger partial charge < -0.3 is 24.8 Å². The average molecular weight is 546 g/mol. The van der Waals surface area contributed by atoms with Crippen LogP contribution in [0.25, 0.3) is 0 Å². The number of guanidine groups is 1. The number of ether oxygens (including phenoxy) is 3. The van der Waals surface area contributed by atoms with Crippen molar-refractivity contribution in [3.8, 4) is 5.75 Å². The Morgan fingerprint density at radius 3 is 2.74 bits per heavy atom. The largest absolute Gasteiger partial charge is 0.493 e. The van der Waals surface area contributed by atoms with Crippen LogP contribution in [0.3, 0.4) is 0 Å². The number of rotatable bonds is 10. The van der Waals surface area contributed by atoms with Crippen LogP contribution < -0.4 is 15.4 Å². The molecule has 0 bridgehead atoms. The SMILES string of the molecule is CN=C(NCc1ccc(C)cc1OCC1CCOC1)NCC1(CCOC)CCCC1.I. The van der Waals surface area contributed by atoms with Gasteiger partial charge in [0.05, 0.1) is 13.2 Å². The lowest BCUT2D eigenvalue weighted by Crippen LogP contribution is -2.43. The van der Waals surface area contributed by atoms with Gasteiger partial charge in [0.2, 0.25) is 0 Å². The van der Waals surface area contributed by atoms with Crippen LogP contribution in [0.2, 0.25) is 0 Å². The molecule has 1 atom stereocenters. The van der Waals surface area contributed by atoms with E-state index in [-0.39, 0.29) is 24.0 Å². The first-order chi connectivity index (χ1) is 14.6. The Morgan fingerprint density at radius 2 is 2.06 bits per heavy atom. The molecule has 0 spiro atoms. The van der Waals surface area contributed by atoms with Crippen LogP contribution in [0.1, 0.15) is 49.7 Å². The Kier molecular flexibility index (Phi) is 11.4. The first kappa shape index (κ1) is 26.2. The summed E-state index contributed by atoms with van der Waals surface area (Å²) in [5.74, 6) is 2.29. The third-order valence-corrected chi connectivity index (χ3v) is 6.52. The third kappa shape index (κ3) is 8.09. The minimum atomic E-state index is 0. The minimum absolute atomic E-state index is 0. The van der Waals surface area contributed by atoms with Crippen LogP contribution in [-0.4, -0.2) is 53.1 Å². The highest BCUT2D eigenvalue weighted by atomic mass is 127. The molecule has 2 aliphatic rings. The van der Waals surface area contributed by atoms with Crippen molar-refractivity contribution in [2.45, 2.75) is 52.0 Å². The van der Waals surface area contributed by atoms with Crippen LogP contribution in [0, 0.1) is 18.3 Å². The zero-order chi connectivity index (χ0) is 21.2. The van der Waals surface area contributed by atoms with Crippen LogP contribution in [0.15, 0.2) is 23.2 Å². The van der Waals surface area contributed by atoms with E-state index in [1.54, 1.807) is 7.11 Å². The zero-order valence-corrected chi connectivity index (χ0v) is 21.7. The zero-order valence-electron chi connectivity index (χ0n) is 19.4. The molecule has 1 heterocycles. The molecule has 1 unspecified atom stereocenters. The van der Waals surface area contributed by atoms with Gasteiger partial charge in [-0.1, -0.05) is 25.0 Å². The van der Waals surface area contributed by atoms with Gasteiger partial charge in [0.15, 0.2) is 5.96 Å². The fraction of sp³-hybridized carbons (Fsp3) is 0.708. The lowest BCUT2D eigenvalue weighted by Gasteiger charge is -2.30. The molecule has 1 saturated carbocycles. The number of hydrogen-bond donors (Lipinski definition) is 2. The predicted octanol–water partition coefficient (Wildman–Crippen LogP) is 4.29. The minimum Gasteiger partial charge on any atom is -0.493 e. The van der Waals surface area contributed by atoms with Crippen molar-refractivity contribution in [2.24, 2.45) is 16.3 Å². The number of halogens is 1. The van der Waals surface area contributed by atoms with Crippen molar-refractivity contribution in [2.75, 3.05) is 47.1 Å². The quantitative estimate of drug-likeness (QED) is 0.261. The van der Waals surface area contributed by atoms with E-state index in [0.29, 0.717) is 24.5 Å². The average Bonchev–Trinajstić information content (AvgIpc) is 3.44. The van der Waals surface area contributed by atoms with Gasteiger partial charge in [-0.05, 0) is 49.7 Å². The Bertz CT molecular complexity index is 687. The summed E-state index contributed by atoms with van der Waals surface area (Å²) in [6, 6.07) is 6.41. The molecule has 0 aromatic heterocycles. The molecular formula is C24H40IN3O3. The number of aryl methyl sites for hydroxylation is 1. The van der Waals surface area contributed by atoms with Gasteiger partial charge in [0.25, 0.3) is 0 Å². The molecule has 1 saturated heterocycles. The molecule has 3 rings (SSSR count). The summed E-state index contributed by atoms with van der Waals surface area (Å²) in [6.45, 7) is 6.92. The monoisotopic (exact) mass is 545 g/mol. The second-order valence-corrected chi connectivity index (χ2v) is 8.88. The van der Waals surface area contributed by atoms with E-state index in [4.69, 9.17) is 14.2 Å². The smallest absolute Gasteiger partial charge is 0.191 e.